The van der Waals surface area contributed by atoms with Gasteiger partial charge in [-0.3, -0.25) is 0 Å². The summed E-state index contributed by atoms with van der Waals surface area (Å²) in [5.74, 6) is 0.738. The van der Waals surface area contributed by atoms with Gasteiger partial charge in [0.15, 0.2) is 5.82 Å². The second-order valence-electron chi connectivity index (χ2n) is 6.24. The number of tetrazole rings is 1. The van der Waals surface area contributed by atoms with Gasteiger partial charge in [0.25, 0.3) is 0 Å². The summed E-state index contributed by atoms with van der Waals surface area (Å²) in [7, 11) is 1.85. The van der Waals surface area contributed by atoms with Gasteiger partial charge in [-0.25, -0.2) is 4.79 Å². The zero-order valence-electron chi connectivity index (χ0n) is 14.3. The number of carbonyl (C=O) groups excluding carboxylic acids is 1. The molecule has 1 heterocycles. The highest BCUT2D eigenvalue weighted by Crippen LogP contribution is 2.41. The highest BCUT2D eigenvalue weighted by molar-refractivity contribution is 5.75. The van der Waals surface area contributed by atoms with Gasteiger partial charge in [-0.15, -0.1) is 5.10 Å². The number of urea groups is 1. The Balaban J connectivity index is 2.05. The van der Waals surface area contributed by atoms with Crippen LogP contribution in [0.25, 0.3) is 5.69 Å². The van der Waals surface area contributed by atoms with E-state index >= 15 is 0 Å². The Morgan fingerprint density at radius 2 is 1.96 bits per heavy atom. The Labute approximate surface area is 142 Å². The molecule has 0 bridgehead atoms. The van der Waals surface area contributed by atoms with Crippen molar-refractivity contribution in [3.63, 3.8) is 0 Å². The van der Waals surface area contributed by atoms with E-state index in [1.807, 2.05) is 44.3 Å². The first-order valence-electron chi connectivity index (χ1n) is 8.55. The molecule has 1 aliphatic rings. The van der Waals surface area contributed by atoms with E-state index in [9.17, 15) is 4.79 Å². The van der Waals surface area contributed by atoms with Gasteiger partial charge >= 0.3 is 6.03 Å². The van der Waals surface area contributed by atoms with Crippen molar-refractivity contribution in [3.8, 4) is 5.69 Å². The van der Waals surface area contributed by atoms with Crippen molar-refractivity contribution < 1.29 is 4.79 Å². The van der Waals surface area contributed by atoms with E-state index in [4.69, 9.17) is 0 Å². The molecule has 2 amide bonds. The molecule has 1 fully saturated rings. The largest absolute Gasteiger partial charge is 0.338 e. The predicted octanol–water partition coefficient (Wildman–Crippen LogP) is 2.48. The molecule has 7 nitrogen and oxygen atoms in total. The molecule has 1 N–H and O–H groups in total. The lowest BCUT2D eigenvalue weighted by Crippen LogP contribution is -2.53. The van der Waals surface area contributed by atoms with Crippen LogP contribution in [0.3, 0.4) is 0 Å². The van der Waals surface area contributed by atoms with Crippen LogP contribution in [0.1, 0.15) is 44.9 Å². The van der Waals surface area contributed by atoms with E-state index in [1.165, 1.54) is 6.42 Å². The zero-order chi connectivity index (χ0) is 17.0. The molecule has 3 rings (SSSR count). The number of amides is 2. The third-order valence-electron chi connectivity index (χ3n) is 4.84. The maximum atomic E-state index is 12.5. The van der Waals surface area contributed by atoms with Crippen molar-refractivity contribution in [1.29, 1.82) is 0 Å². The first-order valence-corrected chi connectivity index (χ1v) is 8.55. The molecule has 2 aromatic rings. The van der Waals surface area contributed by atoms with E-state index in [0.29, 0.717) is 6.54 Å². The van der Waals surface area contributed by atoms with Gasteiger partial charge < -0.3 is 10.2 Å². The van der Waals surface area contributed by atoms with Crippen molar-refractivity contribution in [3.05, 3.63) is 36.2 Å². The van der Waals surface area contributed by atoms with E-state index in [1.54, 1.807) is 9.58 Å². The molecular formula is C17H24N6O. The molecule has 128 valence electrons. The molecule has 1 aliphatic carbocycles. The molecule has 0 saturated heterocycles. The van der Waals surface area contributed by atoms with Crippen LogP contribution in [0, 0.1) is 0 Å². The quantitative estimate of drug-likeness (QED) is 0.935. The van der Waals surface area contributed by atoms with Crippen LogP contribution in [-0.2, 0) is 5.54 Å². The summed E-state index contributed by atoms with van der Waals surface area (Å²) in [6.45, 7) is 2.52. The van der Waals surface area contributed by atoms with Crippen molar-refractivity contribution in [2.24, 2.45) is 0 Å². The number of nitrogens with one attached hydrogen (secondary N) is 1. The normalized spacial score (nSPS) is 16.6. The van der Waals surface area contributed by atoms with E-state index in [0.717, 1.165) is 37.2 Å². The summed E-state index contributed by atoms with van der Waals surface area (Å²) in [6, 6.07) is 9.75. The maximum Gasteiger partial charge on any atom is 0.317 e. The summed E-state index contributed by atoms with van der Waals surface area (Å²) in [6.07, 6.45) is 5.04. The molecule has 1 saturated carbocycles. The number of carbonyl (C=O) groups is 1. The van der Waals surface area contributed by atoms with Gasteiger partial charge in [-0.2, -0.15) is 4.68 Å². The van der Waals surface area contributed by atoms with Gasteiger partial charge in [-0.1, -0.05) is 37.5 Å². The Morgan fingerprint density at radius 3 is 2.62 bits per heavy atom. The Bertz CT molecular complexity index is 677. The van der Waals surface area contributed by atoms with Gasteiger partial charge in [0.1, 0.15) is 5.54 Å². The van der Waals surface area contributed by atoms with E-state index in [-0.39, 0.29) is 6.03 Å². The third-order valence-corrected chi connectivity index (χ3v) is 4.84. The number of aromatic nitrogens is 4. The van der Waals surface area contributed by atoms with Gasteiger partial charge in [0, 0.05) is 13.6 Å². The number of hydrogen-bond acceptors (Lipinski definition) is 4. The van der Waals surface area contributed by atoms with Crippen LogP contribution in [0.2, 0.25) is 0 Å². The molecule has 1 aromatic heterocycles. The Kier molecular flexibility index (Phi) is 4.78. The van der Waals surface area contributed by atoms with E-state index in [2.05, 4.69) is 20.8 Å². The average molecular weight is 328 g/mol. The van der Waals surface area contributed by atoms with Gasteiger partial charge in [0.05, 0.1) is 5.69 Å². The second-order valence-corrected chi connectivity index (χ2v) is 6.24. The molecule has 24 heavy (non-hydrogen) atoms. The summed E-state index contributed by atoms with van der Waals surface area (Å²) >= 11 is 0. The SMILES string of the molecule is CCNC(=O)N(C)C1(c2nnnn2-c2ccccc2)CCCCC1. The van der Waals surface area contributed by atoms with E-state index < -0.39 is 5.54 Å². The first-order chi connectivity index (χ1) is 11.7. The summed E-state index contributed by atoms with van der Waals surface area (Å²) in [5.41, 5.74) is 0.434. The lowest BCUT2D eigenvalue weighted by Gasteiger charge is -2.43. The Hall–Kier alpha value is -2.44. The molecule has 0 radical (unpaired) electrons. The number of hydrogen-bond donors (Lipinski definition) is 1. The minimum Gasteiger partial charge on any atom is -0.338 e. The van der Waals surface area contributed by atoms with Crippen LogP contribution < -0.4 is 5.32 Å². The van der Waals surface area contributed by atoms with Crippen LogP contribution in [0.15, 0.2) is 30.3 Å². The Morgan fingerprint density at radius 1 is 1.25 bits per heavy atom. The van der Waals surface area contributed by atoms with Crippen LogP contribution >= 0.6 is 0 Å². The molecular weight excluding hydrogens is 304 g/mol. The van der Waals surface area contributed by atoms with Gasteiger partial charge in [0.2, 0.25) is 0 Å². The summed E-state index contributed by atoms with van der Waals surface area (Å²) in [5, 5.41) is 15.3. The zero-order valence-corrected chi connectivity index (χ0v) is 14.3. The minimum absolute atomic E-state index is 0.0815. The standard InChI is InChI=1S/C17H24N6O/c1-3-18-16(24)22(2)17(12-8-5-9-13-17)15-19-20-21-23(15)14-10-6-4-7-11-14/h4,6-7,10-11H,3,5,8-9,12-13H2,1-2H3,(H,18,24). The van der Waals surface area contributed by atoms with Crippen molar-refractivity contribution in [1.82, 2.24) is 30.4 Å². The number of benzene rings is 1. The smallest absolute Gasteiger partial charge is 0.317 e. The van der Waals surface area contributed by atoms with Crippen molar-refractivity contribution >= 4 is 6.03 Å². The second kappa shape index (κ2) is 6.98. The number of rotatable bonds is 4. The minimum atomic E-state index is -0.475. The molecule has 0 unspecified atom stereocenters. The van der Waals surface area contributed by atoms with Crippen LogP contribution in [-0.4, -0.2) is 44.7 Å². The fourth-order valence-corrected chi connectivity index (χ4v) is 3.53. The van der Waals surface area contributed by atoms with Crippen molar-refractivity contribution in [2.45, 2.75) is 44.6 Å². The summed E-state index contributed by atoms with van der Waals surface area (Å²) in [4.78, 5) is 14.3. The van der Waals surface area contributed by atoms with Gasteiger partial charge in [-0.05, 0) is 42.3 Å². The molecule has 0 spiro atoms. The fraction of sp³-hybridized carbons (Fsp3) is 0.529. The van der Waals surface area contributed by atoms with Crippen LogP contribution in [0.5, 0.6) is 0 Å². The first kappa shape index (κ1) is 16.4. The highest BCUT2D eigenvalue weighted by Gasteiger charge is 2.44. The third kappa shape index (κ3) is 2.86. The lowest BCUT2D eigenvalue weighted by atomic mass is 9.79. The van der Waals surface area contributed by atoms with Crippen molar-refractivity contribution in [2.75, 3.05) is 13.6 Å². The number of para-hydroxylation sites is 1. The monoisotopic (exact) mass is 328 g/mol. The molecule has 0 atom stereocenters. The molecule has 7 heteroatoms. The number of nitrogens with zero attached hydrogens (tertiary/aromatic N) is 5. The average Bonchev–Trinajstić information content (AvgIpc) is 3.13. The van der Waals surface area contributed by atoms with Crippen LogP contribution in [0.4, 0.5) is 4.79 Å². The fourth-order valence-electron chi connectivity index (χ4n) is 3.53. The maximum absolute atomic E-state index is 12.5. The lowest BCUT2D eigenvalue weighted by molar-refractivity contribution is 0.0866. The topological polar surface area (TPSA) is 75.9 Å². The molecule has 0 aliphatic heterocycles. The summed E-state index contributed by atoms with van der Waals surface area (Å²) < 4.78 is 1.76. The highest BCUT2D eigenvalue weighted by atomic mass is 16.2. The predicted molar refractivity (Wildman–Crippen MR) is 90.8 cm³/mol. The molecule has 1 aromatic carbocycles.